The van der Waals surface area contributed by atoms with Gasteiger partial charge in [0, 0.05) is 35.4 Å². The highest BCUT2D eigenvalue weighted by Crippen LogP contribution is 2.25. The molecule has 30 heavy (non-hydrogen) atoms. The van der Waals surface area contributed by atoms with Gasteiger partial charge in [0.15, 0.2) is 0 Å². The van der Waals surface area contributed by atoms with Gasteiger partial charge in [0.05, 0.1) is 12.1 Å². The fourth-order valence-electron chi connectivity index (χ4n) is 3.62. The quantitative estimate of drug-likeness (QED) is 0.417. The Morgan fingerprint density at radius 3 is 2.77 bits per heavy atom. The number of carbonyl (C=O) groups is 1. The molecular formula is C24H23N3O3. The minimum absolute atomic E-state index is 0.0669. The van der Waals surface area contributed by atoms with Gasteiger partial charge in [0.25, 0.3) is 0 Å². The molecule has 0 aliphatic rings. The molecule has 0 saturated carbocycles. The van der Waals surface area contributed by atoms with Crippen LogP contribution in [0.15, 0.2) is 67.0 Å². The Bertz CT molecular complexity index is 1180. The Morgan fingerprint density at radius 2 is 1.93 bits per heavy atom. The first-order valence-corrected chi connectivity index (χ1v) is 9.77. The molecule has 0 saturated heterocycles. The number of carboxylic acid groups (broad SMARTS) is 1. The lowest BCUT2D eigenvalue weighted by atomic mass is 9.99. The van der Waals surface area contributed by atoms with Crippen LogP contribution in [0.4, 0.5) is 0 Å². The van der Waals surface area contributed by atoms with Crippen LogP contribution >= 0.6 is 0 Å². The molecule has 0 amide bonds. The topological polar surface area (TPSA) is 101 Å². The minimum Gasteiger partial charge on any atom is -0.489 e. The molecule has 6 heteroatoms. The molecule has 2 aromatic carbocycles. The summed E-state index contributed by atoms with van der Waals surface area (Å²) >= 11 is 0. The number of nitrogens with two attached hydrogens (primary N) is 1. The van der Waals surface area contributed by atoms with Crippen LogP contribution in [0.1, 0.15) is 27.9 Å². The summed E-state index contributed by atoms with van der Waals surface area (Å²) in [6, 6.07) is 17.6. The number of fused-ring (bicyclic) bond motifs is 1. The van der Waals surface area contributed by atoms with Crippen molar-refractivity contribution in [2.75, 3.05) is 0 Å². The second kappa shape index (κ2) is 8.80. The molecule has 152 valence electrons. The third-order valence-electron chi connectivity index (χ3n) is 5.01. The van der Waals surface area contributed by atoms with E-state index in [1.807, 2.05) is 30.5 Å². The summed E-state index contributed by atoms with van der Waals surface area (Å²) in [6.07, 6.45) is 4.41. The standard InChI is InChI=1S/C24H23N3O3/c25-14-20-11-16(5-7-26-20)9-19-10-17(12-22-21(19)6-8-27-22)15-30-23-4-2-1-3-18(23)13-24(28)29/h1-8,10-12,27H,9,13-15,25H2,(H,28,29). The van der Waals surface area contributed by atoms with Crippen LogP contribution in [0, 0.1) is 0 Å². The van der Waals surface area contributed by atoms with Gasteiger partial charge in [-0.05, 0) is 53.4 Å². The fraction of sp³-hybridized carbons (Fsp3) is 0.167. The van der Waals surface area contributed by atoms with Crippen molar-refractivity contribution in [1.82, 2.24) is 9.97 Å². The lowest BCUT2D eigenvalue weighted by molar-refractivity contribution is -0.136. The van der Waals surface area contributed by atoms with E-state index in [0.717, 1.165) is 34.1 Å². The first kappa shape index (κ1) is 19.7. The number of aromatic nitrogens is 2. The number of para-hydroxylation sites is 1. The number of hydrogen-bond donors (Lipinski definition) is 3. The smallest absolute Gasteiger partial charge is 0.307 e. The number of carboxylic acids is 1. The number of pyridine rings is 1. The largest absolute Gasteiger partial charge is 0.489 e. The number of nitrogens with zero attached hydrogens (tertiary/aromatic N) is 1. The number of H-pyrrole nitrogens is 1. The summed E-state index contributed by atoms with van der Waals surface area (Å²) in [6.45, 7) is 0.764. The van der Waals surface area contributed by atoms with E-state index in [9.17, 15) is 4.79 Å². The first-order chi connectivity index (χ1) is 14.6. The normalized spacial score (nSPS) is 11.0. The van der Waals surface area contributed by atoms with Crippen molar-refractivity contribution < 1.29 is 14.6 Å². The third kappa shape index (κ3) is 4.50. The molecule has 4 rings (SSSR count). The van der Waals surface area contributed by atoms with Gasteiger partial charge in [0.1, 0.15) is 12.4 Å². The van der Waals surface area contributed by atoms with Crippen LogP contribution in [-0.2, 0) is 30.8 Å². The predicted octanol–water partition coefficient (Wildman–Crippen LogP) is 3.82. The maximum Gasteiger partial charge on any atom is 0.307 e. The molecule has 0 atom stereocenters. The van der Waals surface area contributed by atoms with Crippen molar-refractivity contribution in [3.63, 3.8) is 0 Å². The van der Waals surface area contributed by atoms with Crippen molar-refractivity contribution in [3.8, 4) is 5.75 Å². The van der Waals surface area contributed by atoms with E-state index in [1.165, 1.54) is 5.56 Å². The Kier molecular flexibility index (Phi) is 5.77. The van der Waals surface area contributed by atoms with E-state index < -0.39 is 5.97 Å². The Balaban J connectivity index is 1.59. The Morgan fingerprint density at radius 1 is 1.07 bits per heavy atom. The van der Waals surface area contributed by atoms with Crippen LogP contribution in [-0.4, -0.2) is 21.0 Å². The molecule has 0 unspecified atom stereocenters. The van der Waals surface area contributed by atoms with Crippen LogP contribution in [0.5, 0.6) is 5.75 Å². The van der Waals surface area contributed by atoms with Gasteiger partial charge in [-0.1, -0.05) is 24.3 Å². The molecule has 4 aromatic rings. The number of nitrogens with one attached hydrogen (secondary N) is 1. The second-order valence-electron chi connectivity index (χ2n) is 7.20. The van der Waals surface area contributed by atoms with Crippen LogP contribution in [0.2, 0.25) is 0 Å². The van der Waals surface area contributed by atoms with Crippen molar-refractivity contribution in [2.24, 2.45) is 5.73 Å². The summed E-state index contributed by atoms with van der Waals surface area (Å²) in [5, 5.41) is 10.3. The monoisotopic (exact) mass is 401 g/mol. The molecule has 4 N–H and O–H groups in total. The zero-order valence-electron chi connectivity index (χ0n) is 16.5. The molecule has 0 aliphatic heterocycles. The van der Waals surface area contributed by atoms with Gasteiger partial charge >= 0.3 is 5.97 Å². The fourth-order valence-corrected chi connectivity index (χ4v) is 3.62. The van der Waals surface area contributed by atoms with Crippen molar-refractivity contribution in [3.05, 3.63) is 94.9 Å². The van der Waals surface area contributed by atoms with Gasteiger partial charge < -0.3 is 20.6 Å². The maximum atomic E-state index is 11.1. The molecule has 6 nitrogen and oxygen atoms in total. The van der Waals surface area contributed by atoms with Gasteiger partial charge in [-0.3, -0.25) is 9.78 Å². The van der Waals surface area contributed by atoms with E-state index in [1.54, 1.807) is 18.3 Å². The van der Waals surface area contributed by atoms with Gasteiger partial charge in [0.2, 0.25) is 0 Å². The van der Waals surface area contributed by atoms with E-state index in [-0.39, 0.29) is 6.42 Å². The molecule has 0 fully saturated rings. The molecule has 0 radical (unpaired) electrons. The molecule has 2 heterocycles. The second-order valence-corrected chi connectivity index (χ2v) is 7.20. The summed E-state index contributed by atoms with van der Waals surface area (Å²) in [4.78, 5) is 18.7. The summed E-state index contributed by atoms with van der Waals surface area (Å²) in [7, 11) is 0. The number of aliphatic carboxylic acids is 1. The highest BCUT2D eigenvalue weighted by atomic mass is 16.5. The van der Waals surface area contributed by atoms with E-state index in [4.69, 9.17) is 15.6 Å². The summed E-state index contributed by atoms with van der Waals surface area (Å²) in [5.41, 5.74) is 11.6. The van der Waals surface area contributed by atoms with Crippen LogP contribution in [0.25, 0.3) is 10.9 Å². The zero-order valence-corrected chi connectivity index (χ0v) is 16.5. The van der Waals surface area contributed by atoms with Crippen molar-refractivity contribution in [2.45, 2.75) is 26.0 Å². The molecule has 0 bridgehead atoms. The highest BCUT2D eigenvalue weighted by Gasteiger charge is 2.10. The molecule has 2 aromatic heterocycles. The SMILES string of the molecule is NCc1cc(Cc2cc(COc3ccccc3CC(=O)O)cc3[nH]ccc23)ccn1. The average molecular weight is 401 g/mol. The number of benzene rings is 2. The van der Waals surface area contributed by atoms with E-state index in [0.29, 0.717) is 24.5 Å². The lowest BCUT2D eigenvalue weighted by Gasteiger charge is -2.12. The highest BCUT2D eigenvalue weighted by molar-refractivity contribution is 5.84. The maximum absolute atomic E-state index is 11.1. The van der Waals surface area contributed by atoms with Gasteiger partial charge in [-0.15, -0.1) is 0 Å². The van der Waals surface area contributed by atoms with E-state index in [2.05, 4.69) is 28.2 Å². The molecule has 0 spiro atoms. The number of ether oxygens (including phenoxy) is 1. The van der Waals surface area contributed by atoms with Crippen LogP contribution in [0.3, 0.4) is 0 Å². The molecule has 0 aliphatic carbocycles. The predicted molar refractivity (Wildman–Crippen MR) is 115 cm³/mol. The number of aromatic amines is 1. The van der Waals surface area contributed by atoms with Gasteiger partial charge in [-0.25, -0.2) is 0 Å². The zero-order chi connectivity index (χ0) is 20.9. The minimum atomic E-state index is -0.879. The van der Waals surface area contributed by atoms with Gasteiger partial charge in [-0.2, -0.15) is 0 Å². The summed E-state index contributed by atoms with van der Waals surface area (Å²) < 4.78 is 5.99. The Hall–Kier alpha value is -3.64. The van der Waals surface area contributed by atoms with E-state index >= 15 is 0 Å². The first-order valence-electron chi connectivity index (χ1n) is 9.77. The third-order valence-corrected chi connectivity index (χ3v) is 5.01. The van der Waals surface area contributed by atoms with Crippen molar-refractivity contribution in [1.29, 1.82) is 0 Å². The number of hydrogen-bond acceptors (Lipinski definition) is 4. The number of rotatable bonds is 8. The van der Waals surface area contributed by atoms with Crippen LogP contribution < -0.4 is 10.5 Å². The van der Waals surface area contributed by atoms with Crippen molar-refractivity contribution >= 4 is 16.9 Å². The average Bonchev–Trinajstić information content (AvgIpc) is 3.22. The summed E-state index contributed by atoms with van der Waals surface area (Å²) in [5.74, 6) is -0.287. The molecular weight excluding hydrogens is 378 g/mol. The lowest BCUT2D eigenvalue weighted by Crippen LogP contribution is -2.04. The Labute approximate surface area is 174 Å².